The predicted molar refractivity (Wildman–Crippen MR) is 210 cm³/mol. The second-order valence-electron chi connectivity index (χ2n) is 14.1. The fourth-order valence-electron chi connectivity index (χ4n) is 8.12. The zero-order chi connectivity index (χ0) is 39.1. The van der Waals surface area contributed by atoms with Crippen molar-refractivity contribution in [2.75, 3.05) is 0 Å². The van der Waals surface area contributed by atoms with Crippen molar-refractivity contribution in [3.05, 3.63) is 167 Å². The smallest absolute Gasteiger partial charge is 0.309 e. The van der Waals surface area contributed by atoms with Gasteiger partial charge >= 0.3 is 12.4 Å². The minimum Gasteiger partial charge on any atom is -0.309 e. The number of hydrogen-bond acceptors (Lipinski definition) is 1. The minimum absolute atomic E-state index is 0.0951. The number of para-hydroxylation sites is 2. The first-order valence-corrected chi connectivity index (χ1v) is 17.8. The molecule has 0 N–H and O–H groups in total. The third kappa shape index (κ3) is 5.51. The molecule has 9 rings (SSSR count). The molecule has 0 amide bonds. The monoisotopic (exact) mass is 749 g/mol. The van der Waals surface area contributed by atoms with Crippen LogP contribution in [0.2, 0.25) is 0 Å². The van der Waals surface area contributed by atoms with Crippen LogP contribution in [0.5, 0.6) is 0 Å². The van der Waals surface area contributed by atoms with Crippen LogP contribution in [0.3, 0.4) is 0 Å². The number of hydrogen-bond donors (Lipinski definition) is 0. The molecule has 0 bridgehead atoms. The zero-order valence-electron chi connectivity index (χ0n) is 29.9. The third-order valence-corrected chi connectivity index (χ3v) is 10.5. The lowest BCUT2D eigenvalue weighted by molar-refractivity contribution is -0.143. The Bertz CT molecular complexity index is 3070. The molecule has 3 nitrogen and oxygen atoms in total. The highest BCUT2D eigenvalue weighted by Crippen LogP contribution is 2.48. The molecule has 274 valence electrons. The van der Waals surface area contributed by atoms with Gasteiger partial charge < -0.3 is 9.13 Å². The average molecular weight is 750 g/mol. The van der Waals surface area contributed by atoms with E-state index < -0.39 is 23.5 Å². The van der Waals surface area contributed by atoms with E-state index in [1.807, 2.05) is 102 Å². The minimum atomic E-state index is -5.07. The van der Waals surface area contributed by atoms with Gasteiger partial charge in [-0.05, 0) is 97.8 Å². The Morgan fingerprint density at radius 1 is 0.464 bits per heavy atom. The highest BCUT2D eigenvalue weighted by molar-refractivity contribution is 6.12. The number of aromatic nitrogens is 2. The van der Waals surface area contributed by atoms with Gasteiger partial charge in [0, 0.05) is 32.7 Å². The Kier molecular flexibility index (Phi) is 7.89. The molecule has 0 aliphatic carbocycles. The molecule has 9 aromatic rings. The SMILES string of the molecule is Cc1ccc2c(c1)c1ccccc1n2-c1cccc(C#N)c1-c1c(-c2cc(C(F)(F)F)cc(C(F)(F)F)c2)cccc1-n1c2ccccc2c2cc(C)ccc21. The van der Waals surface area contributed by atoms with Crippen LogP contribution in [0.4, 0.5) is 26.3 Å². The quantitative estimate of drug-likeness (QED) is 0.165. The molecule has 0 saturated heterocycles. The summed E-state index contributed by atoms with van der Waals surface area (Å²) in [6, 6.07) is 41.6. The summed E-state index contributed by atoms with van der Waals surface area (Å²) in [5.41, 5.74) is 4.01. The fraction of sp³-hybridized carbons (Fsp3) is 0.0851. The lowest BCUT2D eigenvalue weighted by Gasteiger charge is -2.23. The largest absolute Gasteiger partial charge is 0.416 e. The number of halogens is 6. The summed E-state index contributed by atoms with van der Waals surface area (Å²) in [6.07, 6.45) is -10.1. The standard InChI is InChI=1S/C47H29F6N3/c1-27-17-19-40-36(21-27)34-10-3-5-13-38(34)55(40)42-15-7-9-29(26-54)44(42)45-33(30-23-31(46(48,49)50)25-32(24-30)47(51,52)53)12-8-16-43(45)56-39-14-6-4-11-35(39)37-22-28(2)18-20-41(37)56/h3-25H,1-2H3. The zero-order valence-corrected chi connectivity index (χ0v) is 29.9. The van der Waals surface area contributed by atoms with E-state index in [9.17, 15) is 31.6 Å². The number of rotatable bonds is 4. The van der Waals surface area contributed by atoms with E-state index in [4.69, 9.17) is 0 Å². The number of nitrogens with zero attached hydrogens (tertiary/aromatic N) is 3. The first-order valence-electron chi connectivity index (χ1n) is 17.8. The maximum Gasteiger partial charge on any atom is 0.416 e. The molecule has 0 aliphatic heterocycles. The van der Waals surface area contributed by atoms with Gasteiger partial charge in [-0.25, -0.2) is 0 Å². The summed E-state index contributed by atoms with van der Waals surface area (Å²) >= 11 is 0. The molecular formula is C47H29F6N3. The van der Waals surface area contributed by atoms with Crippen LogP contribution in [0, 0.1) is 25.2 Å². The summed E-state index contributed by atoms with van der Waals surface area (Å²) in [4.78, 5) is 0. The van der Waals surface area contributed by atoms with Gasteiger partial charge in [-0.1, -0.05) is 77.9 Å². The van der Waals surface area contributed by atoms with E-state index in [-0.39, 0.29) is 22.8 Å². The highest BCUT2D eigenvalue weighted by Gasteiger charge is 2.37. The van der Waals surface area contributed by atoms with Crippen molar-refractivity contribution in [3.8, 4) is 39.7 Å². The lowest BCUT2D eigenvalue weighted by Crippen LogP contribution is -2.11. The van der Waals surface area contributed by atoms with Gasteiger partial charge in [0.05, 0.1) is 56.2 Å². The van der Waals surface area contributed by atoms with Crippen LogP contribution in [-0.2, 0) is 12.4 Å². The molecule has 0 saturated carbocycles. The Balaban J connectivity index is 1.50. The number of alkyl halides is 6. The van der Waals surface area contributed by atoms with Gasteiger partial charge in [-0.2, -0.15) is 31.6 Å². The summed E-state index contributed by atoms with van der Waals surface area (Å²) in [5, 5.41) is 14.6. The second-order valence-corrected chi connectivity index (χ2v) is 14.1. The Labute approximate surface area is 316 Å². The van der Waals surface area contributed by atoms with Crippen molar-refractivity contribution in [3.63, 3.8) is 0 Å². The maximum atomic E-state index is 14.4. The van der Waals surface area contributed by atoms with Crippen molar-refractivity contribution in [2.45, 2.75) is 26.2 Å². The van der Waals surface area contributed by atoms with Crippen LogP contribution in [0.1, 0.15) is 27.8 Å². The van der Waals surface area contributed by atoms with E-state index in [1.165, 1.54) is 6.07 Å². The van der Waals surface area contributed by atoms with Crippen LogP contribution >= 0.6 is 0 Å². The molecule has 7 aromatic carbocycles. The van der Waals surface area contributed by atoms with Crippen molar-refractivity contribution < 1.29 is 26.3 Å². The maximum absolute atomic E-state index is 14.4. The summed E-state index contributed by atoms with van der Waals surface area (Å²) in [5.74, 6) is 0. The van der Waals surface area contributed by atoms with Crippen LogP contribution in [0.25, 0.3) is 77.2 Å². The van der Waals surface area contributed by atoms with Crippen LogP contribution in [-0.4, -0.2) is 9.13 Å². The molecule has 0 radical (unpaired) electrons. The van der Waals surface area contributed by atoms with E-state index >= 15 is 0 Å². The van der Waals surface area contributed by atoms with E-state index in [1.54, 1.807) is 24.3 Å². The lowest BCUT2D eigenvalue weighted by atomic mass is 9.87. The summed E-state index contributed by atoms with van der Waals surface area (Å²) in [7, 11) is 0. The normalized spacial score (nSPS) is 12.3. The van der Waals surface area contributed by atoms with Crippen molar-refractivity contribution in [1.82, 2.24) is 9.13 Å². The first kappa shape index (κ1) is 34.9. The Hall–Kier alpha value is -6.79. The van der Waals surface area contributed by atoms with E-state index in [0.29, 0.717) is 22.5 Å². The molecule has 0 atom stereocenters. The van der Waals surface area contributed by atoms with Crippen molar-refractivity contribution in [1.29, 1.82) is 5.26 Å². The molecule has 0 fully saturated rings. The Morgan fingerprint density at radius 3 is 1.43 bits per heavy atom. The number of nitriles is 1. The van der Waals surface area contributed by atoms with Gasteiger partial charge in [0.25, 0.3) is 0 Å². The average Bonchev–Trinajstić information content (AvgIpc) is 3.68. The highest BCUT2D eigenvalue weighted by atomic mass is 19.4. The number of aryl methyl sites for hydroxylation is 2. The number of fused-ring (bicyclic) bond motifs is 6. The third-order valence-electron chi connectivity index (χ3n) is 10.5. The van der Waals surface area contributed by atoms with Crippen molar-refractivity contribution in [2.24, 2.45) is 0 Å². The molecule has 2 aromatic heterocycles. The molecular weight excluding hydrogens is 721 g/mol. The van der Waals surface area contributed by atoms with Crippen molar-refractivity contribution >= 4 is 43.6 Å². The Morgan fingerprint density at radius 2 is 0.929 bits per heavy atom. The molecule has 0 aliphatic rings. The van der Waals surface area contributed by atoms with Gasteiger partial charge in [0.15, 0.2) is 0 Å². The summed E-state index contributed by atoms with van der Waals surface area (Å²) < 4.78 is 90.6. The molecule has 56 heavy (non-hydrogen) atoms. The topological polar surface area (TPSA) is 33.6 Å². The first-order chi connectivity index (χ1) is 26.8. The van der Waals surface area contributed by atoms with Gasteiger partial charge in [-0.15, -0.1) is 0 Å². The molecule has 0 spiro atoms. The van der Waals surface area contributed by atoms with Gasteiger partial charge in [0.2, 0.25) is 0 Å². The van der Waals surface area contributed by atoms with Crippen LogP contribution in [0.15, 0.2) is 140 Å². The molecule has 2 heterocycles. The second kappa shape index (κ2) is 12.6. The number of benzene rings is 7. The van der Waals surface area contributed by atoms with Gasteiger partial charge in [0.1, 0.15) is 0 Å². The fourth-order valence-corrected chi connectivity index (χ4v) is 8.12. The van der Waals surface area contributed by atoms with E-state index in [2.05, 4.69) is 18.2 Å². The molecule has 0 unspecified atom stereocenters. The summed E-state index contributed by atoms with van der Waals surface area (Å²) in [6.45, 7) is 3.97. The molecule has 9 heteroatoms. The van der Waals surface area contributed by atoms with Gasteiger partial charge in [-0.3, -0.25) is 0 Å². The van der Waals surface area contributed by atoms with E-state index in [0.717, 1.165) is 66.9 Å². The van der Waals surface area contributed by atoms with Crippen LogP contribution < -0.4 is 0 Å². The predicted octanol–water partition coefficient (Wildman–Crippen LogP) is 13.7.